The van der Waals surface area contributed by atoms with E-state index in [9.17, 15) is 9.90 Å². The number of carboxylic acid groups (broad SMARTS) is 1. The Labute approximate surface area is 266 Å². The third-order valence-electron chi connectivity index (χ3n) is 7.00. The average Bonchev–Trinajstić information content (AvgIpc) is 3.09. The highest BCUT2D eigenvalue weighted by atomic mass is 17.2. The third kappa shape index (κ3) is 10.3. The lowest BCUT2D eigenvalue weighted by atomic mass is 9.95. The molecule has 4 aromatic carbocycles. The zero-order valence-electron chi connectivity index (χ0n) is 25.0. The molecule has 11 nitrogen and oxygen atoms in total. The Kier molecular flexibility index (Phi) is 13.2. The Balaban J connectivity index is 1.33. The Morgan fingerprint density at radius 1 is 0.500 bits per heavy atom. The molecule has 5 atom stereocenters. The van der Waals surface area contributed by atoms with Gasteiger partial charge in [0, 0.05) is 0 Å². The molecular weight excluding hydrogens is 596 g/mol. The maximum Gasteiger partial charge on any atom is 0.335 e. The molecule has 1 saturated heterocycles. The molecule has 0 bridgehead atoms. The van der Waals surface area contributed by atoms with Crippen LogP contribution < -0.4 is 0 Å². The molecule has 1 fully saturated rings. The second-order valence-electron chi connectivity index (χ2n) is 10.4. The molecule has 1 heterocycles. The van der Waals surface area contributed by atoms with Crippen LogP contribution in [0.15, 0.2) is 121 Å². The molecule has 0 spiro atoms. The first-order valence-electron chi connectivity index (χ1n) is 14.8. The molecule has 1 N–H and O–H groups in total. The van der Waals surface area contributed by atoms with Crippen molar-refractivity contribution in [3.8, 4) is 0 Å². The standard InChI is InChI=1S/C35H36O11/c36-35(37)34-33(46-42-24-29-19-11-4-12-20-29)32(45-41-23-28-17-9-3-10-18-28)31(44-40-22-27-15-7-2-8-16-27)30(43-34)25-39-38-21-26-13-5-1-6-14-26/h1-20,30-34H,21-25H2,(H,36,37)/t30-,31-,32+,33+,34+/m1/s1. The molecule has 242 valence electrons. The predicted molar refractivity (Wildman–Crippen MR) is 162 cm³/mol. The monoisotopic (exact) mass is 632 g/mol. The summed E-state index contributed by atoms with van der Waals surface area (Å²) in [5.41, 5.74) is 3.37. The zero-order chi connectivity index (χ0) is 31.8. The number of aliphatic carboxylic acids is 1. The molecule has 0 unspecified atom stereocenters. The van der Waals surface area contributed by atoms with Gasteiger partial charge in [-0.05, 0) is 22.3 Å². The SMILES string of the molecule is O=C(O)[C@H]1O[C@H](COOCc2ccccc2)[C@@H](OOCc2ccccc2)[C@H](OOCc2ccccc2)[C@@H]1OOCc1ccccc1. The maximum absolute atomic E-state index is 12.5. The number of benzene rings is 4. The van der Waals surface area contributed by atoms with E-state index in [4.69, 9.17) is 43.8 Å². The summed E-state index contributed by atoms with van der Waals surface area (Å²) in [6.45, 7) is 0.117. The van der Waals surface area contributed by atoms with Crippen molar-refractivity contribution in [2.45, 2.75) is 56.9 Å². The normalized spacial score (nSPS) is 21.2. The third-order valence-corrected chi connectivity index (χ3v) is 7.00. The van der Waals surface area contributed by atoms with Gasteiger partial charge in [0.2, 0.25) is 0 Å². The fourth-order valence-electron chi connectivity index (χ4n) is 4.64. The molecule has 11 heteroatoms. The molecular formula is C35H36O11. The fourth-order valence-corrected chi connectivity index (χ4v) is 4.64. The highest BCUT2D eigenvalue weighted by Crippen LogP contribution is 2.30. The van der Waals surface area contributed by atoms with Crippen LogP contribution in [-0.2, 0) is 75.1 Å². The summed E-state index contributed by atoms with van der Waals surface area (Å²) >= 11 is 0. The minimum Gasteiger partial charge on any atom is -0.479 e. The minimum atomic E-state index is -1.56. The number of hydrogen-bond acceptors (Lipinski definition) is 10. The van der Waals surface area contributed by atoms with Gasteiger partial charge in [-0.2, -0.15) is 0 Å². The van der Waals surface area contributed by atoms with Crippen molar-refractivity contribution in [1.82, 2.24) is 0 Å². The van der Waals surface area contributed by atoms with E-state index in [1.54, 1.807) is 0 Å². The van der Waals surface area contributed by atoms with E-state index in [-0.39, 0.29) is 33.0 Å². The van der Waals surface area contributed by atoms with Gasteiger partial charge in [0.25, 0.3) is 0 Å². The van der Waals surface area contributed by atoms with Crippen LogP contribution in [0.3, 0.4) is 0 Å². The first kappa shape index (κ1) is 33.4. The topological polar surface area (TPSA) is 120 Å². The van der Waals surface area contributed by atoms with E-state index in [0.29, 0.717) is 0 Å². The van der Waals surface area contributed by atoms with Gasteiger partial charge in [-0.25, -0.2) is 43.9 Å². The summed E-state index contributed by atoms with van der Waals surface area (Å²) in [6.07, 6.45) is -6.28. The van der Waals surface area contributed by atoms with Gasteiger partial charge in [-0.3, -0.25) is 0 Å². The molecule has 0 saturated carbocycles. The van der Waals surface area contributed by atoms with Crippen molar-refractivity contribution in [3.63, 3.8) is 0 Å². The number of carbonyl (C=O) groups is 1. The van der Waals surface area contributed by atoms with Crippen molar-refractivity contribution in [1.29, 1.82) is 0 Å². The van der Waals surface area contributed by atoms with Gasteiger partial charge in [-0.1, -0.05) is 121 Å². The molecule has 0 amide bonds. The number of hydrogen-bond donors (Lipinski definition) is 1. The second-order valence-corrected chi connectivity index (χ2v) is 10.4. The Hall–Kier alpha value is -4.01. The van der Waals surface area contributed by atoms with Gasteiger partial charge in [0.1, 0.15) is 39.1 Å². The maximum atomic E-state index is 12.5. The molecule has 1 aliphatic rings. The van der Waals surface area contributed by atoms with E-state index < -0.39 is 36.5 Å². The van der Waals surface area contributed by atoms with Gasteiger partial charge in [0.05, 0.1) is 0 Å². The summed E-state index contributed by atoms with van der Waals surface area (Å²) in [5, 5.41) is 10.2. The molecule has 5 rings (SSSR count). The lowest BCUT2D eigenvalue weighted by Gasteiger charge is -2.42. The molecule has 46 heavy (non-hydrogen) atoms. The van der Waals surface area contributed by atoms with Crippen LogP contribution in [0, 0.1) is 0 Å². The minimum absolute atomic E-state index is 0.0389. The van der Waals surface area contributed by atoms with E-state index >= 15 is 0 Å². The van der Waals surface area contributed by atoms with Gasteiger partial charge < -0.3 is 9.84 Å². The van der Waals surface area contributed by atoms with Crippen LogP contribution >= 0.6 is 0 Å². The highest BCUT2D eigenvalue weighted by Gasteiger charge is 2.53. The van der Waals surface area contributed by atoms with Gasteiger partial charge in [0.15, 0.2) is 24.4 Å². The van der Waals surface area contributed by atoms with Crippen molar-refractivity contribution >= 4 is 5.97 Å². The second kappa shape index (κ2) is 18.2. The average molecular weight is 633 g/mol. The van der Waals surface area contributed by atoms with Crippen LogP contribution in [0.25, 0.3) is 0 Å². The molecule has 0 radical (unpaired) electrons. The van der Waals surface area contributed by atoms with Crippen LogP contribution in [0.1, 0.15) is 22.3 Å². The molecule has 1 aliphatic heterocycles. The van der Waals surface area contributed by atoms with E-state index in [1.807, 2.05) is 121 Å². The Bertz CT molecular complexity index is 1410. The lowest BCUT2D eigenvalue weighted by Crippen LogP contribution is -2.63. The van der Waals surface area contributed by atoms with E-state index in [1.165, 1.54) is 0 Å². The fraction of sp³-hybridized carbons (Fsp3) is 0.286. The van der Waals surface area contributed by atoms with Crippen LogP contribution in [-0.4, -0.2) is 48.2 Å². The molecule has 0 aliphatic carbocycles. The van der Waals surface area contributed by atoms with Crippen molar-refractivity contribution in [3.05, 3.63) is 144 Å². The number of rotatable bonds is 18. The van der Waals surface area contributed by atoms with Crippen molar-refractivity contribution < 1.29 is 53.7 Å². The zero-order valence-corrected chi connectivity index (χ0v) is 25.0. The van der Waals surface area contributed by atoms with E-state index in [0.717, 1.165) is 22.3 Å². The van der Waals surface area contributed by atoms with Crippen molar-refractivity contribution in [2.75, 3.05) is 6.61 Å². The first-order valence-corrected chi connectivity index (χ1v) is 14.8. The van der Waals surface area contributed by atoms with Gasteiger partial charge >= 0.3 is 5.97 Å². The Morgan fingerprint density at radius 2 is 0.870 bits per heavy atom. The van der Waals surface area contributed by atoms with Crippen LogP contribution in [0.4, 0.5) is 0 Å². The van der Waals surface area contributed by atoms with Gasteiger partial charge in [-0.15, -0.1) is 0 Å². The van der Waals surface area contributed by atoms with Crippen molar-refractivity contribution in [2.24, 2.45) is 0 Å². The number of ether oxygens (including phenoxy) is 1. The summed E-state index contributed by atoms with van der Waals surface area (Å²) in [6, 6.07) is 37.4. The molecule has 4 aromatic rings. The lowest BCUT2D eigenvalue weighted by molar-refractivity contribution is -0.469. The van der Waals surface area contributed by atoms with Crippen LogP contribution in [0.5, 0.6) is 0 Å². The van der Waals surface area contributed by atoms with Crippen LogP contribution in [0.2, 0.25) is 0 Å². The summed E-state index contributed by atoms with van der Waals surface area (Å²) in [5.74, 6) is -1.32. The largest absolute Gasteiger partial charge is 0.479 e. The Morgan fingerprint density at radius 3 is 1.28 bits per heavy atom. The molecule has 0 aromatic heterocycles. The number of carboxylic acids is 1. The summed E-state index contributed by atoms with van der Waals surface area (Å²) in [4.78, 5) is 57.5. The van der Waals surface area contributed by atoms with E-state index in [2.05, 4.69) is 0 Å². The highest BCUT2D eigenvalue weighted by molar-refractivity contribution is 5.73. The smallest absolute Gasteiger partial charge is 0.335 e. The predicted octanol–water partition coefficient (Wildman–Crippen LogP) is 5.54. The summed E-state index contributed by atoms with van der Waals surface area (Å²) in [7, 11) is 0. The first-order chi connectivity index (χ1) is 22.7. The summed E-state index contributed by atoms with van der Waals surface area (Å²) < 4.78 is 5.98. The quantitative estimate of drug-likeness (QED) is 0.0846.